The summed E-state index contributed by atoms with van der Waals surface area (Å²) in [5.41, 5.74) is 2.18. The van der Waals surface area contributed by atoms with Crippen molar-refractivity contribution >= 4 is 29.9 Å². The summed E-state index contributed by atoms with van der Waals surface area (Å²) in [7, 11) is 1.78. The van der Waals surface area contributed by atoms with Gasteiger partial charge in [-0.1, -0.05) is 26.0 Å². The summed E-state index contributed by atoms with van der Waals surface area (Å²) in [5, 5.41) is 6.77. The second-order valence-corrected chi connectivity index (χ2v) is 7.17. The third kappa shape index (κ3) is 5.98. The zero-order chi connectivity index (χ0) is 19.1. The lowest BCUT2D eigenvalue weighted by molar-refractivity contribution is 0.171. The van der Waals surface area contributed by atoms with Crippen LogP contribution in [0.25, 0.3) is 0 Å². The molecular weight excluding hydrogens is 467 g/mol. The highest BCUT2D eigenvalue weighted by Gasteiger charge is 2.23. The van der Waals surface area contributed by atoms with Crippen LogP contribution in [0, 0.1) is 0 Å². The van der Waals surface area contributed by atoms with Gasteiger partial charge in [-0.05, 0) is 29.8 Å². The van der Waals surface area contributed by atoms with Gasteiger partial charge in [-0.2, -0.15) is 0 Å². The molecule has 0 unspecified atom stereocenters. The molecule has 0 bridgehead atoms. The molecule has 0 fully saturated rings. The van der Waals surface area contributed by atoms with Gasteiger partial charge in [0.05, 0.1) is 0 Å². The summed E-state index contributed by atoms with van der Waals surface area (Å²) in [6.45, 7) is 7.13. The molecule has 0 aliphatic carbocycles. The van der Waals surface area contributed by atoms with Gasteiger partial charge in [-0.3, -0.25) is 9.98 Å². The third-order valence-electron chi connectivity index (χ3n) is 4.64. The number of rotatable bonds is 6. The minimum absolute atomic E-state index is 0. The molecule has 0 radical (unpaired) electrons. The van der Waals surface area contributed by atoms with Crippen molar-refractivity contribution in [3.05, 3.63) is 53.9 Å². The Morgan fingerprint density at radius 1 is 1.11 bits per heavy atom. The van der Waals surface area contributed by atoms with Crippen molar-refractivity contribution in [1.29, 1.82) is 0 Å². The molecule has 1 aliphatic rings. The van der Waals surface area contributed by atoms with E-state index in [0.29, 0.717) is 13.2 Å². The monoisotopic (exact) mass is 496 g/mol. The Bertz CT molecular complexity index is 781. The zero-order valence-electron chi connectivity index (χ0n) is 16.7. The topological polar surface area (TPSA) is 67.8 Å². The smallest absolute Gasteiger partial charge is 0.191 e. The van der Waals surface area contributed by atoms with Gasteiger partial charge in [0.2, 0.25) is 0 Å². The van der Waals surface area contributed by atoms with Gasteiger partial charge in [-0.25, -0.2) is 0 Å². The standard InChI is InChI=1S/C21H28N4O2.HI/c1-21(2,16-7-8-18-19(14-16)27-13-12-26-18)15-25-20(22-3)24-11-9-17-6-4-5-10-23-17;/h4-8,10,14H,9,11-13,15H2,1-3H3,(H2,22,24,25);1H. The molecule has 3 rings (SSSR count). The molecule has 0 spiro atoms. The van der Waals surface area contributed by atoms with Crippen molar-refractivity contribution in [3.8, 4) is 11.5 Å². The number of hydrogen-bond acceptors (Lipinski definition) is 4. The van der Waals surface area contributed by atoms with E-state index >= 15 is 0 Å². The van der Waals surface area contributed by atoms with Gasteiger partial charge in [0.15, 0.2) is 17.5 Å². The first-order valence-corrected chi connectivity index (χ1v) is 9.33. The first-order valence-electron chi connectivity index (χ1n) is 9.33. The molecule has 2 N–H and O–H groups in total. The quantitative estimate of drug-likeness (QED) is 0.366. The Morgan fingerprint density at radius 2 is 1.89 bits per heavy atom. The molecule has 1 aromatic heterocycles. The van der Waals surface area contributed by atoms with Crippen LogP contribution in [0.3, 0.4) is 0 Å². The van der Waals surface area contributed by atoms with Gasteiger partial charge >= 0.3 is 0 Å². The molecule has 6 nitrogen and oxygen atoms in total. The zero-order valence-corrected chi connectivity index (χ0v) is 19.0. The van der Waals surface area contributed by atoms with Crippen molar-refractivity contribution in [3.63, 3.8) is 0 Å². The molecule has 28 heavy (non-hydrogen) atoms. The lowest BCUT2D eigenvalue weighted by Gasteiger charge is -2.28. The molecule has 7 heteroatoms. The Balaban J connectivity index is 0.00000280. The third-order valence-corrected chi connectivity index (χ3v) is 4.64. The fourth-order valence-corrected chi connectivity index (χ4v) is 2.95. The van der Waals surface area contributed by atoms with E-state index < -0.39 is 0 Å². The lowest BCUT2D eigenvalue weighted by atomic mass is 9.84. The first kappa shape index (κ1) is 22.3. The molecule has 2 heterocycles. The number of ether oxygens (including phenoxy) is 2. The van der Waals surface area contributed by atoms with Crippen LogP contribution in [-0.4, -0.2) is 44.3 Å². The number of benzene rings is 1. The lowest BCUT2D eigenvalue weighted by Crippen LogP contribution is -2.44. The van der Waals surface area contributed by atoms with E-state index in [1.165, 1.54) is 5.56 Å². The van der Waals surface area contributed by atoms with E-state index in [1.54, 1.807) is 7.05 Å². The van der Waals surface area contributed by atoms with Gasteiger partial charge in [0.1, 0.15) is 13.2 Å². The Labute approximate surface area is 184 Å². The average Bonchev–Trinajstić information content (AvgIpc) is 2.71. The largest absolute Gasteiger partial charge is 0.486 e. The molecule has 2 aromatic rings. The SMILES string of the molecule is CN=C(NCCc1ccccn1)NCC(C)(C)c1ccc2c(c1)OCCO2.I. The number of aliphatic imine (C=N–C) groups is 1. The fraction of sp³-hybridized carbons (Fsp3) is 0.429. The van der Waals surface area contributed by atoms with Crippen LogP contribution in [0.2, 0.25) is 0 Å². The second kappa shape index (κ2) is 10.5. The number of halogens is 1. The van der Waals surface area contributed by atoms with Crippen LogP contribution >= 0.6 is 24.0 Å². The van der Waals surface area contributed by atoms with E-state index in [4.69, 9.17) is 9.47 Å². The van der Waals surface area contributed by atoms with E-state index in [-0.39, 0.29) is 29.4 Å². The van der Waals surface area contributed by atoms with Crippen LogP contribution in [0.15, 0.2) is 47.6 Å². The maximum Gasteiger partial charge on any atom is 0.191 e. The Hall–Kier alpha value is -2.03. The summed E-state index contributed by atoms with van der Waals surface area (Å²) in [4.78, 5) is 8.65. The molecule has 0 saturated heterocycles. The summed E-state index contributed by atoms with van der Waals surface area (Å²) >= 11 is 0. The van der Waals surface area contributed by atoms with Crippen LogP contribution in [-0.2, 0) is 11.8 Å². The number of nitrogens with one attached hydrogen (secondary N) is 2. The highest BCUT2D eigenvalue weighted by Crippen LogP contribution is 2.34. The van der Waals surface area contributed by atoms with Gasteiger partial charge < -0.3 is 20.1 Å². The van der Waals surface area contributed by atoms with Gasteiger partial charge in [-0.15, -0.1) is 24.0 Å². The van der Waals surface area contributed by atoms with Crippen molar-refractivity contribution < 1.29 is 9.47 Å². The maximum absolute atomic E-state index is 5.71. The maximum atomic E-state index is 5.71. The molecule has 1 aromatic carbocycles. The van der Waals surface area contributed by atoms with E-state index in [1.807, 2.05) is 30.5 Å². The second-order valence-electron chi connectivity index (χ2n) is 7.17. The Kier molecular flexibility index (Phi) is 8.35. The first-order chi connectivity index (χ1) is 13.1. The molecule has 152 valence electrons. The van der Waals surface area contributed by atoms with Crippen molar-refractivity contribution in [2.45, 2.75) is 25.7 Å². The summed E-state index contributed by atoms with van der Waals surface area (Å²) in [6.07, 6.45) is 2.67. The molecule has 1 aliphatic heterocycles. The predicted molar refractivity (Wildman–Crippen MR) is 123 cm³/mol. The highest BCUT2D eigenvalue weighted by atomic mass is 127. The van der Waals surface area contributed by atoms with E-state index in [9.17, 15) is 0 Å². The number of aromatic nitrogens is 1. The fourth-order valence-electron chi connectivity index (χ4n) is 2.95. The van der Waals surface area contributed by atoms with Crippen molar-refractivity contribution in [1.82, 2.24) is 15.6 Å². The minimum atomic E-state index is -0.0888. The van der Waals surface area contributed by atoms with Crippen LogP contribution in [0.4, 0.5) is 0 Å². The molecular formula is C21H29IN4O2. The van der Waals surface area contributed by atoms with Gasteiger partial charge in [0.25, 0.3) is 0 Å². The van der Waals surface area contributed by atoms with E-state index in [2.05, 4.69) is 46.6 Å². The van der Waals surface area contributed by atoms with Crippen LogP contribution in [0.1, 0.15) is 25.1 Å². The van der Waals surface area contributed by atoms with Crippen LogP contribution < -0.4 is 20.1 Å². The molecule has 0 atom stereocenters. The van der Waals surface area contributed by atoms with E-state index in [0.717, 1.165) is 42.7 Å². The summed E-state index contributed by atoms with van der Waals surface area (Å²) < 4.78 is 11.3. The Morgan fingerprint density at radius 3 is 2.61 bits per heavy atom. The summed E-state index contributed by atoms with van der Waals surface area (Å²) in [5.74, 6) is 2.43. The van der Waals surface area contributed by atoms with Gasteiger partial charge in [0, 0.05) is 43.9 Å². The highest BCUT2D eigenvalue weighted by molar-refractivity contribution is 14.0. The van der Waals surface area contributed by atoms with Crippen LogP contribution in [0.5, 0.6) is 11.5 Å². The molecule has 0 amide bonds. The predicted octanol–water partition coefficient (Wildman–Crippen LogP) is 3.16. The minimum Gasteiger partial charge on any atom is -0.486 e. The number of hydrogen-bond donors (Lipinski definition) is 2. The van der Waals surface area contributed by atoms with Crippen molar-refractivity contribution in [2.75, 3.05) is 33.4 Å². The number of nitrogens with zero attached hydrogens (tertiary/aromatic N) is 2. The average molecular weight is 496 g/mol. The number of guanidine groups is 1. The van der Waals surface area contributed by atoms with Crippen molar-refractivity contribution in [2.24, 2.45) is 4.99 Å². The molecule has 0 saturated carbocycles. The number of fused-ring (bicyclic) bond motifs is 1. The normalized spacial score (nSPS) is 13.5. The summed E-state index contributed by atoms with van der Waals surface area (Å²) in [6, 6.07) is 12.1. The number of pyridine rings is 1.